The Labute approximate surface area is 94.9 Å². The number of rotatable bonds is 5. The van der Waals surface area contributed by atoms with Crippen molar-refractivity contribution in [1.29, 1.82) is 0 Å². The lowest BCUT2D eigenvalue weighted by atomic mass is 10.1. The monoisotopic (exact) mass is 221 g/mol. The van der Waals surface area contributed by atoms with Crippen molar-refractivity contribution in [3.8, 4) is 11.5 Å². The van der Waals surface area contributed by atoms with E-state index in [1.807, 2.05) is 19.1 Å². The Morgan fingerprint density at radius 2 is 2.06 bits per heavy atom. The van der Waals surface area contributed by atoms with Crippen LogP contribution in [0.5, 0.6) is 11.5 Å². The highest BCUT2D eigenvalue weighted by molar-refractivity contribution is 5.50. The zero-order valence-corrected chi connectivity index (χ0v) is 9.74. The number of isocyanates is 1. The summed E-state index contributed by atoms with van der Waals surface area (Å²) in [6.45, 7) is 2.31. The van der Waals surface area contributed by atoms with Gasteiger partial charge >= 0.3 is 0 Å². The Hall–Kier alpha value is -1.80. The molecule has 1 aromatic rings. The summed E-state index contributed by atoms with van der Waals surface area (Å²) in [5, 5.41) is 0. The molecule has 0 saturated carbocycles. The van der Waals surface area contributed by atoms with Gasteiger partial charge in [-0.1, -0.05) is 6.92 Å². The summed E-state index contributed by atoms with van der Waals surface area (Å²) in [4.78, 5) is 13.7. The second-order valence-electron chi connectivity index (χ2n) is 3.25. The molecular formula is C12H15NO3. The first kappa shape index (κ1) is 12.3. The van der Waals surface area contributed by atoms with Crippen molar-refractivity contribution in [1.82, 2.24) is 0 Å². The van der Waals surface area contributed by atoms with E-state index in [2.05, 4.69) is 4.99 Å². The maximum Gasteiger partial charge on any atom is 0.235 e. The van der Waals surface area contributed by atoms with E-state index in [1.54, 1.807) is 14.2 Å². The summed E-state index contributed by atoms with van der Waals surface area (Å²) in [5.74, 6) is 1.29. The smallest absolute Gasteiger partial charge is 0.235 e. The van der Waals surface area contributed by atoms with Crippen LogP contribution in [0.3, 0.4) is 0 Å². The Balaban J connectivity index is 3.24. The molecule has 0 heterocycles. The fourth-order valence-corrected chi connectivity index (χ4v) is 1.55. The van der Waals surface area contributed by atoms with E-state index >= 15 is 0 Å². The van der Waals surface area contributed by atoms with E-state index in [0.717, 1.165) is 17.5 Å². The van der Waals surface area contributed by atoms with Crippen molar-refractivity contribution in [2.75, 3.05) is 14.2 Å². The van der Waals surface area contributed by atoms with E-state index in [1.165, 1.54) is 6.08 Å². The minimum atomic E-state index is 0.261. The quantitative estimate of drug-likeness (QED) is 0.565. The summed E-state index contributed by atoms with van der Waals surface area (Å²) >= 11 is 0. The summed E-state index contributed by atoms with van der Waals surface area (Å²) in [5.41, 5.74) is 1.95. The van der Waals surface area contributed by atoms with Crippen molar-refractivity contribution < 1.29 is 14.3 Å². The van der Waals surface area contributed by atoms with E-state index in [9.17, 15) is 4.79 Å². The van der Waals surface area contributed by atoms with Crippen LogP contribution in [0.25, 0.3) is 0 Å². The Bertz CT molecular complexity index is 409. The molecule has 0 aromatic heterocycles. The molecule has 0 amide bonds. The molecule has 0 N–H and O–H groups in total. The molecule has 0 radical (unpaired) electrons. The van der Waals surface area contributed by atoms with Crippen LogP contribution in [0.2, 0.25) is 0 Å². The number of aryl methyl sites for hydroxylation is 1. The highest BCUT2D eigenvalue weighted by Gasteiger charge is 2.11. The fourth-order valence-electron chi connectivity index (χ4n) is 1.55. The second kappa shape index (κ2) is 5.93. The maximum atomic E-state index is 10.1. The van der Waals surface area contributed by atoms with Gasteiger partial charge in [0, 0.05) is 5.56 Å². The van der Waals surface area contributed by atoms with Gasteiger partial charge < -0.3 is 9.47 Å². The predicted octanol–water partition coefficient (Wildman–Crippen LogP) is 2.10. The van der Waals surface area contributed by atoms with Gasteiger partial charge in [0.05, 0.1) is 20.8 Å². The molecule has 86 valence electrons. The highest BCUT2D eigenvalue weighted by Crippen LogP contribution is 2.33. The van der Waals surface area contributed by atoms with Crippen molar-refractivity contribution in [3.05, 3.63) is 23.3 Å². The molecule has 4 heteroatoms. The fraction of sp³-hybridized carbons (Fsp3) is 0.417. The molecule has 0 spiro atoms. The number of aliphatic imine (C=N–C) groups is 1. The van der Waals surface area contributed by atoms with Gasteiger partial charge in [0.15, 0.2) is 11.5 Å². The zero-order valence-electron chi connectivity index (χ0n) is 9.74. The molecule has 4 nitrogen and oxygen atoms in total. The van der Waals surface area contributed by atoms with E-state index in [4.69, 9.17) is 9.47 Å². The number of hydrogen-bond acceptors (Lipinski definition) is 4. The lowest BCUT2D eigenvalue weighted by Crippen LogP contribution is -1.97. The van der Waals surface area contributed by atoms with Gasteiger partial charge in [-0.3, -0.25) is 0 Å². The molecule has 0 aliphatic rings. The number of nitrogens with zero attached hydrogens (tertiary/aromatic N) is 1. The minimum Gasteiger partial charge on any atom is -0.493 e. The van der Waals surface area contributed by atoms with E-state index < -0.39 is 0 Å². The molecule has 1 aromatic carbocycles. The van der Waals surface area contributed by atoms with Crippen molar-refractivity contribution >= 4 is 6.08 Å². The third-order valence-electron chi connectivity index (χ3n) is 2.34. The van der Waals surface area contributed by atoms with Crippen LogP contribution in [0.15, 0.2) is 17.1 Å². The molecule has 0 bridgehead atoms. The van der Waals surface area contributed by atoms with Gasteiger partial charge in [0.2, 0.25) is 6.08 Å². The van der Waals surface area contributed by atoms with Gasteiger partial charge in [-0.2, -0.15) is 0 Å². The minimum absolute atomic E-state index is 0.261. The van der Waals surface area contributed by atoms with E-state index in [0.29, 0.717) is 11.5 Å². The van der Waals surface area contributed by atoms with E-state index in [-0.39, 0.29) is 6.54 Å². The summed E-state index contributed by atoms with van der Waals surface area (Å²) in [7, 11) is 3.15. The second-order valence-corrected chi connectivity index (χ2v) is 3.25. The van der Waals surface area contributed by atoms with Gasteiger partial charge in [0.1, 0.15) is 0 Å². The van der Waals surface area contributed by atoms with Gasteiger partial charge in [-0.25, -0.2) is 9.79 Å². The van der Waals surface area contributed by atoms with Crippen LogP contribution in [0.1, 0.15) is 18.1 Å². The van der Waals surface area contributed by atoms with Crippen LogP contribution in [-0.4, -0.2) is 20.3 Å². The molecular weight excluding hydrogens is 206 g/mol. The van der Waals surface area contributed by atoms with Crippen molar-refractivity contribution in [2.24, 2.45) is 4.99 Å². The first-order valence-electron chi connectivity index (χ1n) is 5.04. The third-order valence-corrected chi connectivity index (χ3v) is 2.34. The molecule has 0 saturated heterocycles. The van der Waals surface area contributed by atoms with Gasteiger partial charge in [-0.15, -0.1) is 0 Å². The van der Waals surface area contributed by atoms with Crippen LogP contribution >= 0.6 is 0 Å². The molecule has 0 fully saturated rings. The van der Waals surface area contributed by atoms with Crippen LogP contribution in [-0.2, 0) is 17.8 Å². The predicted molar refractivity (Wildman–Crippen MR) is 60.7 cm³/mol. The normalized spacial score (nSPS) is 9.44. The average molecular weight is 221 g/mol. The average Bonchev–Trinajstić information content (AvgIpc) is 2.34. The largest absolute Gasteiger partial charge is 0.493 e. The van der Waals surface area contributed by atoms with Gasteiger partial charge in [0.25, 0.3) is 0 Å². The molecule has 0 unspecified atom stereocenters. The first-order chi connectivity index (χ1) is 7.76. The van der Waals surface area contributed by atoms with Crippen molar-refractivity contribution in [2.45, 2.75) is 19.9 Å². The van der Waals surface area contributed by atoms with Gasteiger partial charge in [-0.05, 0) is 24.1 Å². The van der Waals surface area contributed by atoms with Crippen LogP contribution < -0.4 is 9.47 Å². The van der Waals surface area contributed by atoms with Crippen molar-refractivity contribution in [3.63, 3.8) is 0 Å². The Morgan fingerprint density at radius 3 is 2.56 bits per heavy atom. The zero-order chi connectivity index (χ0) is 12.0. The summed E-state index contributed by atoms with van der Waals surface area (Å²) in [6, 6.07) is 3.88. The first-order valence-corrected chi connectivity index (χ1v) is 5.04. The maximum absolute atomic E-state index is 10.1. The summed E-state index contributed by atoms with van der Waals surface area (Å²) < 4.78 is 10.5. The Kier molecular flexibility index (Phi) is 4.55. The lowest BCUT2D eigenvalue weighted by Gasteiger charge is -2.13. The molecule has 16 heavy (non-hydrogen) atoms. The molecule has 1 rings (SSSR count). The van der Waals surface area contributed by atoms with Crippen LogP contribution in [0.4, 0.5) is 0 Å². The molecule has 0 aliphatic heterocycles. The highest BCUT2D eigenvalue weighted by atomic mass is 16.5. The third kappa shape index (κ3) is 2.61. The topological polar surface area (TPSA) is 47.9 Å². The lowest BCUT2D eigenvalue weighted by molar-refractivity contribution is 0.351. The number of ether oxygens (including phenoxy) is 2. The van der Waals surface area contributed by atoms with Crippen LogP contribution in [0, 0.1) is 0 Å². The number of hydrogen-bond donors (Lipinski definition) is 0. The number of carbonyl (C=O) groups excluding carboxylic acids is 1. The SMILES string of the molecule is CCc1cc(CN=C=O)c(OC)c(OC)c1. The molecule has 0 atom stereocenters. The molecule has 0 aliphatic carbocycles. The number of methoxy groups -OCH3 is 2. The number of benzene rings is 1. The Morgan fingerprint density at radius 1 is 1.31 bits per heavy atom. The standard InChI is InChI=1S/C12H15NO3/c1-4-9-5-10(7-13-8-14)12(16-3)11(6-9)15-2/h5-6H,4,7H2,1-3H3. The summed E-state index contributed by atoms with van der Waals surface area (Å²) in [6.07, 6.45) is 2.41.